The number of aryl methyl sites for hydroxylation is 2. The highest BCUT2D eigenvalue weighted by Gasteiger charge is 2.14. The van der Waals surface area contributed by atoms with Crippen molar-refractivity contribution < 1.29 is 4.79 Å². The first-order chi connectivity index (χ1) is 14.9. The van der Waals surface area contributed by atoms with Crippen molar-refractivity contribution in [3.63, 3.8) is 0 Å². The Labute approximate surface area is 180 Å². The monoisotopic (exact) mass is 412 g/mol. The summed E-state index contributed by atoms with van der Waals surface area (Å²) in [5, 5.41) is 14.5. The summed E-state index contributed by atoms with van der Waals surface area (Å²) < 4.78 is 2.27. The Balaban J connectivity index is 1.57. The fourth-order valence-corrected chi connectivity index (χ4v) is 4.35. The molecule has 0 saturated heterocycles. The van der Waals surface area contributed by atoms with Crippen molar-refractivity contribution in [2.24, 2.45) is 0 Å². The molecule has 2 heterocycles. The summed E-state index contributed by atoms with van der Waals surface area (Å²) in [4.78, 5) is 27.2. The highest BCUT2D eigenvalue weighted by Crippen LogP contribution is 2.31. The lowest BCUT2D eigenvalue weighted by Gasteiger charge is -2.11. The lowest BCUT2D eigenvalue weighted by atomic mass is 9.99. The maximum atomic E-state index is 12.6. The van der Waals surface area contributed by atoms with Gasteiger partial charge in [0.1, 0.15) is 11.6 Å². The van der Waals surface area contributed by atoms with E-state index in [1.807, 2.05) is 36.4 Å². The Morgan fingerprint density at radius 1 is 1.13 bits per heavy atom. The maximum absolute atomic E-state index is 12.6. The summed E-state index contributed by atoms with van der Waals surface area (Å²) in [6, 6.07) is 16.2. The first kappa shape index (κ1) is 20.4. The summed E-state index contributed by atoms with van der Waals surface area (Å²) in [6.45, 7) is 6.55. The third-order valence-corrected chi connectivity index (χ3v) is 5.89. The van der Waals surface area contributed by atoms with E-state index in [4.69, 9.17) is 0 Å². The van der Waals surface area contributed by atoms with Crippen molar-refractivity contribution >= 4 is 33.4 Å². The largest absolute Gasteiger partial charge is 0.341 e. The Hall–Kier alpha value is -3.85. The number of pyridine rings is 1. The Bertz CT molecular complexity index is 1420. The van der Waals surface area contributed by atoms with Crippen LogP contribution in [0.2, 0.25) is 0 Å². The van der Waals surface area contributed by atoms with Gasteiger partial charge in [0.25, 0.3) is 5.56 Å². The minimum atomic E-state index is -0.384. The van der Waals surface area contributed by atoms with Gasteiger partial charge in [-0.05, 0) is 62.6 Å². The predicted molar refractivity (Wildman–Crippen MR) is 123 cm³/mol. The molecule has 2 aromatic heterocycles. The van der Waals surface area contributed by atoms with Crippen LogP contribution in [0.15, 0.2) is 47.3 Å². The third-order valence-electron chi connectivity index (χ3n) is 5.89. The zero-order valence-electron chi connectivity index (χ0n) is 17.9. The van der Waals surface area contributed by atoms with Crippen LogP contribution in [0.3, 0.4) is 0 Å². The zero-order valence-corrected chi connectivity index (χ0v) is 17.9. The van der Waals surface area contributed by atoms with E-state index in [0.29, 0.717) is 17.7 Å². The molecule has 6 heteroatoms. The van der Waals surface area contributed by atoms with Crippen LogP contribution in [0.25, 0.3) is 21.8 Å². The van der Waals surface area contributed by atoms with Gasteiger partial charge in [-0.1, -0.05) is 18.2 Å². The van der Waals surface area contributed by atoms with Crippen LogP contribution in [-0.4, -0.2) is 15.5 Å². The lowest BCUT2D eigenvalue weighted by molar-refractivity contribution is -0.116. The highest BCUT2D eigenvalue weighted by atomic mass is 16.1. The summed E-state index contributed by atoms with van der Waals surface area (Å²) >= 11 is 0. The number of aromatic nitrogens is 2. The van der Waals surface area contributed by atoms with Crippen LogP contribution >= 0.6 is 0 Å². The highest BCUT2D eigenvalue weighted by molar-refractivity contribution is 6.09. The van der Waals surface area contributed by atoms with E-state index in [1.54, 1.807) is 13.8 Å². The van der Waals surface area contributed by atoms with Crippen LogP contribution < -0.4 is 10.9 Å². The Morgan fingerprint density at radius 3 is 2.61 bits per heavy atom. The number of nitrogens with zero attached hydrogens (tertiary/aromatic N) is 2. The van der Waals surface area contributed by atoms with Crippen molar-refractivity contribution in [1.82, 2.24) is 9.55 Å². The van der Waals surface area contributed by atoms with E-state index < -0.39 is 0 Å². The summed E-state index contributed by atoms with van der Waals surface area (Å²) in [7, 11) is 0. The second kappa shape index (κ2) is 8.11. The number of carbonyl (C=O) groups is 1. The number of carbonyl (C=O) groups excluding carboxylic acids is 1. The fraction of sp³-hybridized carbons (Fsp3) is 0.240. The molecule has 0 aliphatic heterocycles. The smallest absolute Gasteiger partial charge is 0.266 e. The van der Waals surface area contributed by atoms with Gasteiger partial charge in [0.2, 0.25) is 5.91 Å². The number of benzene rings is 2. The van der Waals surface area contributed by atoms with Crippen LogP contribution in [0.4, 0.5) is 5.69 Å². The fourth-order valence-electron chi connectivity index (χ4n) is 4.35. The molecule has 31 heavy (non-hydrogen) atoms. The van der Waals surface area contributed by atoms with E-state index in [1.165, 1.54) is 10.9 Å². The summed E-state index contributed by atoms with van der Waals surface area (Å²) in [5.41, 5.74) is 4.99. The molecule has 0 aliphatic carbocycles. The molecule has 6 nitrogen and oxygen atoms in total. The number of hydrogen-bond donors (Lipinski definition) is 2. The van der Waals surface area contributed by atoms with E-state index in [2.05, 4.69) is 33.9 Å². The number of rotatable bonds is 5. The standard InChI is InChI=1S/C25H24N4O2/c1-4-29-22-8-6-5-7-19(22)20-13-17(9-11-23(20)29)28-24(30)12-10-18-15(2)21(14-26)25(31)27-16(18)3/h5-9,11,13H,4,10,12H2,1-3H3,(H,27,31)(H,28,30). The molecule has 0 saturated carbocycles. The summed E-state index contributed by atoms with van der Waals surface area (Å²) in [5.74, 6) is -0.109. The van der Waals surface area contributed by atoms with Crippen molar-refractivity contribution in [2.45, 2.75) is 40.2 Å². The van der Waals surface area contributed by atoms with Crippen molar-refractivity contribution in [1.29, 1.82) is 5.26 Å². The molecule has 2 aromatic carbocycles. The first-order valence-electron chi connectivity index (χ1n) is 10.4. The predicted octanol–water partition coefficient (Wildman–Crippen LogP) is 4.56. The van der Waals surface area contributed by atoms with Crippen molar-refractivity contribution in [2.75, 3.05) is 5.32 Å². The molecule has 0 spiro atoms. The van der Waals surface area contributed by atoms with Crippen LogP contribution in [-0.2, 0) is 17.8 Å². The SMILES string of the molecule is CCn1c2ccccc2c2cc(NC(=O)CCc3c(C)[nH]c(=O)c(C#N)c3C)ccc21. The normalized spacial score (nSPS) is 11.0. The number of amides is 1. The van der Waals surface area contributed by atoms with Crippen LogP contribution in [0.5, 0.6) is 0 Å². The first-order valence-corrected chi connectivity index (χ1v) is 10.4. The number of para-hydroxylation sites is 1. The van der Waals surface area contributed by atoms with Gasteiger partial charge in [-0.2, -0.15) is 5.26 Å². The van der Waals surface area contributed by atoms with Gasteiger partial charge in [0.05, 0.1) is 0 Å². The van der Waals surface area contributed by atoms with E-state index in [0.717, 1.165) is 28.7 Å². The number of hydrogen-bond acceptors (Lipinski definition) is 3. The number of anilines is 1. The minimum Gasteiger partial charge on any atom is -0.341 e. The van der Waals surface area contributed by atoms with Crippen molar-refractivity contribution in [3.8, 4) is 6.07 Å². The van der Waals surface area contributed by atoms with Gasteiger partial charge in [-0.3, -0.25) is 9.59 Å². The van der Waals surface area contributed by atoms with Crippen molar-refractivity contribution in [3.05, 3.63) is 75.2 Å². The average Bonchev–Trinajstić information content (AvgIpc) is 3.06. The molecule has 1 amide bonds. The number of fused-ring (bicyclic) bond motifs is 3. The number of aromatic amines is 1. The molecular weight excluding hydrogens is 388 g/mol. The molecule has 2 N–H and O–H groups in total. The van der Waals surface area contributed by atoms with Crippen LogP contribution in [0, 0.1) is 25.2 Å². The molecule has 0 radical (unpaired) electrons. The number of nitriles is 1. The maximum Gasteiger partial charge on any atom is 0.266 e. The molecule has 0 unspecified atom stereocenters. The van der Waals surface area contributed by atoms with Gasteiger partial charge in [-0.25, -0.2) is 0 Å². The lowest BCUT2D eigenvalue weighted by Crippen LogP contribution is -2.18. The number of H-pyrrole nitrogens is 1. The Kier molecular flexibility index (Phi) is 5.35. The van der Waals surface area contributed by atoms with Gasteiger partial charge in [0, 0.05) is 46.2 Å². The van der Waals surface area contributed by atoms with Gasteiger partial charge >= 0.3 is 0 Å². The second-order valence-corrected chi connectivity index (χ2v) is 7.71. The van der Waals surface area contributed by atoms with Gasteiger partial charge in [-0.15, -0.1) is 0 Å². The molecule has 156 valence electrons. The number of nitrogens with one attached hydrogen (secondary N) is 2. The molecule has 4 aromatic rings. The van der Waals surface area contributed by atoms with E-state index in [9.17, 15) is 14.9 Å². The molecule has 0 fully saturated rings. The van der Waals surface area contributed by atoms with E-state index >= 15 is 0 Å². The molecule has 0 bridgehead atoms. The van der Waals surface area contributed by atoms with Crippen LogP contribution in [0.1, 0.15) is 35.7 Å². The van der Waals surface area contributed by atoms with E-state index in [-0.39, 0.29) is 23.5 Å². The quantitative estimate of drug-likeness (QED) is 0.503. The molecule has 4 rings (SSSR count). The van der Waals surface area contributed by atoms with Gasteiger partial charge < -0.3 is 14.9 Å². The zero-order chi connectivity index (χ0) is 22.1. The minimum absolute atomic E-state index is 0.109. The molecular formula is C25H24N4O2. The average molecular weight is 412 g/mol. The molecule has 0 aliphatic rings. The second-order valence-electron chi connectivity index (χ2n) is 7.71. The Morgan fingerprint density at radius 2 is 1.87 bits per heavy atom. The summed E-state index contributed by atoms with van der Waals surface area (Å²) in [6.07, 6.45) is 0.708. The molecule has 0 atom stereocenters. The topological polar surface area (TPSA) is 90.7 Å². The third kappa shape index (κ3) is 3.59. The van der Waals surface area contributed by atoms with Gasteiger partial charge in [0.15, 0.2) is 0 Å².